The Balaban J connectivity index is 2.65. The zero-order chi connectivity index (χ0) is 18.9. The highest BCUT2D eigenvalue weighted by molar-refractivity contribution is 7.89. The third kappa shape index (κ3) is 6.45. The van der Waals surface area contributed by atoms with Crippen LogP contribution in [0.3, 0.4) is 0 Å². The Morgan fingerprint density at radius 1 is 1.24 bits per heavy atom. The molecule has 0 heterocycles. The second kappa shape index (κ2) is 10.1. The molecule has 8 nitrogen and oxygen atoms in total. The van der Waals surface area contributed by atoms with E-state index in [1.165, 1.54) is 38.4 Å². The third-order valence-corrected chi connectivity index (χ3v) is 5.08. The second-order valence-electron chi connectivity index (χ2n) is 5.26. The van der Waals surface area contributed by atoms with Gasteiger partial charge in [-0.1, -0.05) is 30.3 Å². The first-order valence-electron chi connectivity index (χ1n) is 7.89. The SMILES string of the molecule is CCCCCNC(=O)COC(=O)c1cccc(S(=O)(=O)N(C)OC)c1. The molecule has 0 atom stereocenters. The third-order valence-electron chi connectivity index (χ3n) is 3.40. The van der Waals surface area contributed by atoms with Crippen LogP contribution in [0, 0.1) is 0 Å². The highest BCUT2D eigenvalue weighted by atomic mass is 32.2. The van der Waals surface area contributed by atoms with Crippen molar-refractivity contribution in [2.75, 3.05) is 27.3 Å². The van der Waals surface area contributed by atoms with Gasteiger partial charge in [0, 0.05) is 13.6 Å². The van der Waals surface area contributed by atoms with E-state index in [2.05, 4.69) is 17.1 Å². The van der Waals surface area contributed by atoms with E-state index in [-0.39, 0.29) is 10.5 Å². The number of sulfonamides is 1. The molecule has 0 spiro atoms. The predicted octanol–water partition coefficient (Wildman–Crippen LogP) is 1.33. The number of hydrogen-bond acceptors (Lipinski definition) is 6. The minimum atomic E-state index is -3.87. The Morgan fingerprint density at radius 2 is 1.96 bits per heavy atom. The van der Waals surface area contributed by atoms with Gasteiger partial charge < -0.3 is 10.1 Å². The van der Waals surface area contributed by atoms with Gasteiger partial charge in [0.25, 0.3) is 15.9 Å². The summed E-state index contributed by atoms with van der Waals surface area (Å²) in [7, 11) is -1.41. The average molecular weight is 372 g/mol. The average Bonchev–Trinajstić information content (AvgIpc) is 2.62. The topological polar surface area (TPSA) is 102 Å². The molecule has 0 fully saturated rings. The molecule has 1 aromatic rings. The highest BCUT2D eigenvalue weighted by Gasteiger charge is 2.22. The maximum atomic E-state index is 12.2. The fourth-order valence-electron chi connectivity index (χ4n) is 1.90. The number of hydroxylamine groups is 1. The Bertz CT molecular complexity index is 690. The molecule has 1 amide bonds. The summed E-state index contributed by atoms with van der Waals surface area (Å²) in [5.74, 6) is -1.17. The van der Waals surface area contributed by atoms with Crippen LogP contribution in [-0.2, 0) is 24.4 Å². The first-order chi connectivity index (χ1) is 11.8. The summed E-state index contributed by atoms with van der Waals surface area (Å²) in [6.45, 7) is 2.17. The van der Waals surface area contributed by atoms with Crippen LogP contribution in [-0.4, -0.2) is 52.1 Å². The van der Waals surface area contributed by atoms with Gasteiger partial charge in [0.15, 0.2) is 6.61 Å². The Hall–Kier alpha value is -1.97. The molecule has 0 aliphatic carbocycles. The first kappa shape index (κ1) is 21.1. The van der Waals surface area contributed by atoms with Crippen molar-refractivity contribution in [3.05, 3.63) is 29.8 Å². The van der Waals surface area contributed by atoms with E-state index in [1.807, 2.05) is 0 Å². The molecule has 1 aromatic carbocycles. The van der Waals surface area contributed by atoms with Crippen LogP contribution < -0.4 is 5.32 Å². The lowest BCUT2D eigenvalue weighted by Gasteiger charge is -2.14. The summed E-state index contributed by atoms with van der Waals surface area (Å²) in [4.78, 5) is 28.2. The number of esters is 1. The molecule has 1 N–H and O–H groups in total. The number of rotatable bonds is 10. The summed E-state index contributed by atoms with van der Waals surface area (Å²) in [6.07, 6.45) is 2.92. The Labute approximate surface area is 148 Å². The summed E-state index contributed by atoms with van der Waals surface area (Å²) in [5, 5.41) is 2.65. The van der Waals surface area contributed by atoms with Crippen LogP contribution in [0.15, 0.2) is 29.2 Å². The van der Waals surface area contributed by atoms with Crippen molar-refractivity contribution in [3.63, 3.8) is 0 Å². The molecule has 0 aliphatic rings. The van der Waals surface area contributed by atoms with Gasteiger partial charge in [-0.05, 0) is 24.6 Å². The van der Waals surface area contributed by atoms with Crippen molar-refractivity contribution >= 4 is 21.9 Å². The van der Waals surface area contributed by atoms with Crippen molar-refractivity contribution in [2.45, 2.75) is 31.1 Å². The second-order valence-corrected chi connectivity index (χ2v) is 7.19. The molecule has 1 rings (SSSR count). The summed E-state index contributed by atoms with van der Waals surface area (Å²) in [6, 6.07) is 5.33. The lowest BCUT2D eigenvalue weighted by atomic mass is 10.2. The fraction of sp³-hybridized carbons (Fsp3) is 0.500. The van der Waals surface area contributed by atoms with Crippen molar-refractivity contribution in [2.24, 2.45) is 0 Å². The van der Waals surface area contributed by atoms with Crippen molar-refractivity contribution in [3.8, 4) is 0 Å². The molecule has 140 valence electrons. The van der Waals surface area contributed by atoms with E-state index in [9.17, 15) is 18.0 Å². The van der Waals surface area contributed by atoms with Crippen LogP contribution in [0.2, 0.25) is 0 Å². The van der Waals surface area contributed by atoms with E-state index in [0.29, 0.717) is 11.0 Å². The van der Waals surface area contributed by atoms with Gasteiger partial charge in [0.2, 0.25) is 0 Å². The molecule has 9 heteroatoms. The minimum Gasteiger partial charge on any atom is -0.452 e. The number of benzene rings is 1. The molecule has 0 bridgehead atoms. The van der Waals surface area contributed by atoms with Gasteiger partial charge in [0.05, 0.1) is 17.6 Å². The number of nitrogens with zero attached hydrogens (tertiary/aromatic N) is 1. The lowest BCUT2D eigenvalue weighted by Crippen LogP contribution is -2.29. The molecule has 0 aliphatic heterocycles. The van der Waals surface area contributed by atoms with Crippen LogP contribution in [0.1, 0.15) is 36.5 Å². The van der Waals surface area contributed by atoms with Gasteiger partial charge in [-0.2, -0.15) is 0 Å². The van der Waals surface area contributed by atoms with Gasteiger partial charge >= 0.3 is 5.97 Å². The monoisotopic (exact) mass is 372 g/mol. The largest absolute Gasteiger partial charge is 0.452 e. The summed E-state index contributed by atoms with van der Waals surface area (Å²) in [5.41, 5.74) is 0.0318. The maximum absolute atomic E-state index is 12.2. The normalized spacial score (nSPS) is 11.4. The van der Waals surface area contributed by atoms with Crippen molar-refractivity contribution < 1.29 is 27.6 Å². The molecule has 0 unspecified atom stereocenters. The van der Waals surface area contributed by atoms with E-state index >= 15 is 0 Å². The summed E-state index contributed by atoms with van der Waals surface area (Å²) >= 11 is 0. The molecular formula is C16H24N2O6S. The van der Waals surface area contributed by atoms with E-state index < -0.39 is 28.5 Å². The quantitative estimate of drug-likeness (QED) is 0.378. The van der Waals surface area contributed by atoms with Crippen LogP contribution >= 0.6 is 0 Å². The number of hydrogen-bond donors (Lipinski definition) is 1. The Morgan fingerprint density at radius 3 is 2.60 bits per heavy atom. The standard InChI is InChI=1S/C16H24N2O6S/c1-4-5-6-10-17-15(19)12-24-16(20)13-8-7-9-14(11-13)25(21,22)18(2)23-3/h7-9,11H,4-6,10,12H2,1-3H3,(H,17,19). The predicted molar refractivity (Wildman–Crippen MR) is 91.2 cm³/mol. The summed E-state index contributed by atoms with van der Waals surface area (Å²) < 4.78 is 29.9. The zero-order valence-electron chi connectivity index (χ0n) is 14.6. The number of unbranched alkanes of at least 4 members (excludes halogenated alkanes) is 2. The fourth-order valence-corrected chi connectivity index (χ4v) is 2.92. The smallest absolute Gasteiger partial charge is 0.338 e. The van der Waals surface area contributed by atoms with Crippen molar-refractivity contribution in [1.29, 1.82) is 0 Å². The minimum absolute atomic E-state index is 0.0318. The van der Waals surface area contributed by atoms with Crippen LogP contribution in [0.4, 0.5) is 0 Å². The maximum Gasteiger partial charge on any atom is 0.338 e. The van der Waals surface area contributed by atoms with E-state index in [4.69, 9.17) is 4.74 Å². The number of nitrogens with one attached hydrogen (secondary N) is 1. The molecule has 0 aromatic heterocycles. The van der Waals surface area contributed by atoms with Gasteiger partial charge in [-0.25, -0.2) is 13.2 Å². The zero-order valence-corrected chi connectivity index (χ0v) is 15.5. The van der Waals surface area contributed by atoms with Gasteiger partial charge in [0.1, 0.15) is 0 Å². The molecular weight excluding hydrogens is 348 g/mol. The van der Waals surface area contributed by atoms with Crippen molar-refractivity contribution in [1.82, 2.24) is 9.79 Å². The Kier molecular flexibility index (Phi) is 8.53. The number of carbonyl (C=O) groups is 2. The lowest BCUT2D eigenvalue weighted by molar-refractivity contribution is -0.124. The molecule has 0 radical (unpaired) electrons. The highest BCUT2D eigenvalue weighted by Crippen LogP contribution is 2.16. The van der Waals surface area contributed by atoms with Crippen LogP contribution in [0.25, 0.3) is 0 Å². The molecule has 25 heavy (non-hydrogen) atoms. The number of ether oxygens (including phenoxy) is 1. The first-order valence-corrected chi connectivity index (χ1v) is 9.33. The number of carbonyl (C=O) groups excluding carboxylic acids is 2. The van der Waals surface area contributed by atoms with E-state index in [0.717, 1.165) is 19.3 Å². The van der Waals surface area contributed by atoms with Gasteiger partial charge in [-0.15, -0.1) is 0 Å². The van der Waals surface area contributed by atoms with Gasteiger partial charge in [-0.3, -0.25) is 9.63 Å². The van der Waals surface area contributed by atoms with Crippen LogP contribution in [0.5, 0.6) is 0 Å². The van der Waals surface area contributed by atoms with E-state index in [1.54, 1.807) is 0 Å². The molecule has 0 saturated carbocycles. The molecule has 0 saturated heterocycles. The number of amides is 1.